The number of piperazine rings is 1. The number of carbonyl (C=O) groups excluding carboxylic acids is 1. The standard InChI is InChI=1S/C32H34FN5O2.C5H10/c1-5-8-14-34-21-25(7-3)37-15-17-38(18-16-37)32(40)27-19-23(10-13-28(27)33)20-29-30-22(4)24(9-6-2)11-12-26(30)31(39)36-35-29;1-5-3-2-4-5/h1,7,10-14,19,21H,3,6,8-9,15-18,20H2,2,4H3,(H,36,39);5H,2-4H2,1H3/b25-21+,34-14?;. The van der Waals surface area contributed by atoms with Crippen molar-refractivity contribution >= 4 is 22.9 Å². The molecule has 1 saturated heterocycles. The molecule has 1 saturated carbocycles. The Morgan fingerprint density at radius 1 is 1.20 bits per heavy atom. The normalized spacial score (nSPS) is 15.4. The van der Waals surface area contributed by atoms with Crippen molar-refractivity contribution in [2.45, 2.75) is 65.7 Å². The number of terminal acetylenes is 1. The number of benzene rings is 2. The summed E-state index contributed by atoms with van der Waals surface area (Å²) < 4.78 is 14.9. The number of fused-ring (bicyclic) bond motifs is 1. The van der Waals surface area contributed by atoms with E-state index in [2.05, 4.69) is 46.4 Å². The average molecular weight is 610 g/mol. The summed E-state index contributed by atoms with van der Waals surface area (Å²) in [6.45, 7) is 12.3. The van der Waals surface area contributed by atoms with Crippen LogP contribution in [-0.2, 0) is 12.8 Å². The molecular formula is C37H44FN5O2. The first-order valence-corrected chi connectivity index (χ1v) is 15.9. The number of hydrogen-bond donors (Lipinski definition) is 1. The molecule has 45 heavy (non-hydrogen) atoms. The number of hydrogen-bond acceptors (Lipinski definition) is 5. The van der Waals surface area contributed by atoms with Crippen molar-refractivity contribution in [3.8, 4) is 12.3 Å². The zero-order valence-electron chi connectivity index (χ0n) is 26.7. The van der Waals surface area contributed by atoms with E-state index >= 15 is 0 Å². The number of aromatic amines is 1. The van der Waals surface area contributed by atoms with Crippen LogP contribution in [-0.4, -0.2) is 58.3 Å². The number of H-pyrrole nitrogens is 1. The molecule has 7 nitrogen and oxygen atoms in total. The number of rotatable bonds is 9. The Balaban J connectivity index is 0.000000838. The number of allylic oxidation sites excluding steroid dienone is 1. The molecule has 2 fully saturated rings. The monoisotopic (exact) mass is 609 g/mol. The first-order chi connectivity index (χ1) is 21.8. The van der Waals surface area contributed by atoms with Crippen LogP contribution in [0.1, 0.15) is 78.7 Å². The third-order valence-electron chi connectivity index (χ3n) is 8.61. The van der Waals surface area contributed by atoms with E-state index in [1.54, 1.807) is 35.5 Å². The lowest BCUT2D eigenvalue weighted by atomic mass is 9.88. The Kier molecular flexibility index (Phi) is 11.9. The largest absolute Gasteiger partial charge is 0.367 e. The fourth-order valence-electron chi connectivity index (χ4n) is 5.71. The fourth-order valence-corrected chi connectivity index (χ4v) is 5.71. The molecule has 0 spiro atoms. The summed E-state index contributed by atoms with van der Waals surface area (Å²) in [6.07, 6.45) is 17.5. The van der Waals surface area contributed by atoms with Gasteiger partial charge in [0.05, 0.1) is 22.3 Å². The SMILES string of the molecule is C#CCC=N/C=C(\C=C)N1CCN(C(=O)c2cc(Cc3n[nH]c(=O)c4ccc(CCC)c(C)c34)ccc2F)CC1.CC1CCC1. The zero-order chi connectivity index (χ0) is 32.3. The van der Waals surface area contributed by atoms with E-state index < -0.39 is 5.82 Å². The number of aryl methyl sites for hydroxylation is 2. The van der Waals surface area contributed by atoms with Gasteiger partial charge < -0.3 is 9.80 Å². The summed E-state index contributed by atoms with van der Waals surface area (Å²) in [5.41, 5.74) is 4.26. The van der Waals surface area contributed by atoms with E-state index in [9.17, 15) is 14.0 Å². The lowest BCUT2D eigenvalue weighted by Crippen LogP contribution is -2.48. The maximum Gasteiger partial charge on any atom is 0.272 e. The maximum absolute atomic E-state index is 14.9. The van der Waals surface area contributed by atoms with Crippen LogP contribution in [0.4, 0.5) is 4.39 Å². The van der Waals surface area contributed by atoms with Gasteiger partial charge in [0.15, 0.2) is 0 Å². The molecule has 236 valence electrons. The van der Waals surface area contributed by atoms with Crippen molar-refractivity contribution in [2.75, 3.05) is 26.2 Å². The van der Waals surface area contributed by atoms with Crippen molar-refractivity contribution in [3.63, 3.8) is 0 Å². The van der Waals surface area contributed by atoms with Gasteiger partial charge in [-0.3, -0.25) is 14.6 Å². The molecule has 5 rings (SSSR count). The van der Waals surface area contributed by atoms with E-state index in [-0.39, 0.29) is 17.0 Å². The first kappa shape index (κ1) is 33.4. The minimum absolute atomic E-state index is 0.0291. The van der Waals surface area contributed by atoms with Crippen molar-refractivity contribution in [1.29, 1.82) is 0 Å². The number of nitrogens with one attached hydrogen (secondary N) is 1. The lowest BCUT2D eigenvalue weighted by molar-refractivity contribution is 0.0667. The molecule has 3 aromatic rings. The van der Waals surface area contributed by atoms with Gasteiger partial charge in [-0.05, 0) is 60.2 Å². The van der Waals surface area contributed by atoms with Crippen LogP contribution in [0.15, 0.2) is 64.7 Å². The number of aromatic nitrogens is 2. The van der Waals surface area contributed by atoms with Gasteiger partial charge in [0.2, 0.25) is 0 Å². The molecule has 1 aromatic heterocycles. The summed E-state index contributed by atoms with van der Waals surface area (Å²) in [6, 6.07) is 8.43. The van der Waals surface area contributed by atoms with E-state index in [1.807, 2.05) is 19.1 Å². The summed E-state index contributed by atoms with van der Waals surface area (Å²) in [5, 5.41) is 8.34. The number of nitrogens with zero attached hydrogens (tertiary/aromatic N) is 4. The molecule has 0 radical (unpaired) electrons. The Bertz CT molecular complexity index is 1670. The summed E-state index contributed by atoms with van der Waals surface area (Å²) in [4.78, 5) is 33.8. The molecule has 1 N–H and O–H groups in total. The Hall–Kier alpha value is -4.51. The van der Waals surface area contributed by atoms with Gasteiger partial charge in [0, 0.05) is 56.8 Å². The van der Waals surface area contributed by atoms with Crippen LogP contribution in [0.25, 0.3) is 10.8 Å². The average Bonchev–Trinajstić information content (AvgIpc) is 3.03. The summed E-state index contributed by atoms with van der Waals surface area (Å²) in [7, 11) is 0. The molecule has 0 unspecified atom stereocenters. The second-order valence-corrected chi connectivity index (χ2v) is 11.8. The highest BCUT2D eigenvalue weighted by atomic mass is 19.1. The number of carbonyl (C=O) groups is 1. The van der Waals surface area contributed by atoms with Crippen LogP contribution in [0.5, 0.6) is 0 Å². The Morgan fingerprint density at radius 2 is 1.91 bits per heavy atom. The van der Waals surface area contributed by atoms with E-state index in [0.717, 1.165) is 41.0 Å². The number of amides is 1. The molecule has 0 bridgehead atoms. The molecule has 1 aliphatic heterocycles. The van der Waals surface area contributed by atoms with Gasteiger partial charge in [0.25, 0.3) is 11.5 Å². The highest BCUT2D eigenvalue weighted by Crippen LogP contribution is 2.26. The topological polar surface area (TPSA) is 81.7 Å². The molecule has 2 heterocycles. The smallest absolute Gasteiger partial charge is 0.272 e. The van der Waals surface area contributed by atoms with Crippen LogP contribution in [0.3, 0.4) is 0 Å². The molecule has 8 heteroatoms. The molecule has 0 atom stereocenters. The fraction of sp³-hybridized carbons (Fsp3) is 0.405. The Labute approximate surface area is 265 Å². The highest BCUT2D eigenvalue weighted by molar-refractivity contribution is 5.95. The van der Waals surface area contributed by atoms with E-state index in [4.69, 9.17) is 6.42 Å². The van der Waals surface area contributed by atoms with Gasteiger partial charge in [-0.1, -0.05) is 58.2 Å². The number of aliphatic imine (C=N–C) groups is 1. The van der Waals surface area contributed by atoms with Gasteiger partial charge in [-0.15, -0.1) is 12.3 Å². The third kappa shape index (κ3) is 8.36. The van der Waals surface area contributed by atoms with Crippen LogP contribution < -0.4 is 5.56 Å². The van der Waals surface area contributed by atoms with Crippen molar-refractivity contribution in [2.24, 2.45) is 10.9 Å². The maximum atomic E-state index is 14.9. The summed E-state index contributed by atoms with van der Waals surface area (Å²) >= 11 is 0. The van der Waals surface area contributed by atoms with E-state index in [1.165, 1.54) is 30.9 Å². The van der Waals surface area contributed by atoms with Gasteiger partial charge in [-0.2, -0.15) is 5.10 Å². The van der Waals surface area contributed by atoms with Crippen LogP contribution >= 0.6 is 0 Å². The van der Waals surface area contributed by atoms with Gasteiger partial charge in [-0.25, -0.2) is 9.49 Å². The highest BCUT2D eigenvalue weighted by Gasteiger charge is 2.25. The quantitative estimate of drug-likeness (QED) is 0.168. The third-order valence-corrected chi connectivity index (χ3v) is 8.61. The van der Waals surface area contributed by atoms with Crippen molar-refractivity contribution in [1.82, 2.24) is 20.0 Å². The van der Waals surface area contributed by atoms with Crippen LogP contribution in [0, 0.1) is 31.0 Å². The predicted molar refractivity (Wildman–Crippen MR) is 181 cm³/mol. The molecule has 1 aliphatic carbocycles. The first-order valence-electron chi connectivity index (χ1n) is 15.9. The number of halogens is 1. The molecule has 2 aliphatic rings. The van der Waals surface area contributed by atoms with Crippen LogP contribution in [0.2, 0.25) is 0 Å². The summed E-state index contributed by atoms with van der Waals surface area (Å²) in [5.74, 6) is 2.65. The Morgan fingerprint density at radius 3 is 2.53 bits per heavy atom. The zero-order valence-corrected chi connectivity index (χ0v) is 26.7. The van der Waals surface area contributed by atoms with Gasteiger partial charge >= 0.3 is 0 Å². The molecule has 1 amide bonds. The minimum atomic E-state index is -0.564. The second kappa shape index (κ2) is 16.0. The lowest BCUT2D eigenvalue weighted by Gasteiger charge is -2.36. The molecular weight excluding hydrogens is 565 g/mol. The van der Waals surface area contributed by atoms with Crippen molar-refractivity contribution in [3.05, 3.63) is 99.0 Å². The van der Waals surface area contributed by atoms with E-state index in [0.29, 0.717) is 50.1 Å². The predicted octanol–water partition coefficient (Wildman–Crippen LogP) is 6.60. The minimum Gasteiger partial charge on any atom is -0.367 e. The molecule has 2 aromatic carbocycles. The second-order valence-electron chi connectivity index (χ2n) is 11.8. The van der Waals surface area contributed by atoms with Crippen molar-refractivity contribution < 1.29 is 9.18 Å². The van der Waals surface area contributed by atoms with Gasteiger partial charge in [0.1, 0.15) is 5.82 Å².